The number of morpholine rings is 1. The molecule has 2 atom stereocenters. The first-order valence-electron chi connectivity index (χ1n) is 7.38. The molecule has 5 heteroatoms. The second-order valence-electron chi connectivity index (χ2n) is 5.31. The minimum Gasteiger partial charge on any atom is -0.383 e. The SMILES string of the molecule is COCCNCC(=O)N1CC(C)OC(c2ccccc2)C1. The Balaban J connectivity index is 1.90. The fraction of sp³-hybridized carbons (Fsp3) is 0.562. The number of carbonyl (C=O) groups excluding carboxylic acids is 1. The van der Waals surface area contributed by atoms with Crippen molar-refractivity contribution in [1.82, 2.24) is 10.2 Å². The van der Waals surface area contributed by atoms with Crippen molar-refractivity contribution in [2.75, 3.05) is 39.9 Å². The molecule has 1 aromatic carbocycles. The van der Waals surface area contributed by atoms with E-state index in [1.54, 1.807) is 7.11 Å². The van der Waals surface area contributed by atoms with E-state index < -0.39 is 0 Å². The van der Waals surface area contributed by atoms with E-state index in [0.717, 1.165) is 5.56 Å². The van der Waals surface area contributed by atoms with Crippen LogP contribution in [-0.4, -0.2) is 56.8 Å². The van der Waals surface area contributed by atoms with Crippen molar-refractivity contribution in [3.8, 4) is 0 Å². The molecule has 0 saturated carbocycles. The normalized spacial score (nSPS) is 22.3. The summed E-state index contributed by atoms with van der Waals surface area (Å²) < 4.78 is 10.9. The zero-order valence-corrected chi connectivity index (χ0v) is 12.7. The van der Waals surface area contributed by atoms with Crippen LogP contribution in [0.15, 0.2) is 30.3 Å². The quantitative estimate of drug-likeness (QED) is 0.801. The Morgan fingerprint density at radius 2 is 2.14 bits per heavy atom. The van der Waals surface area contributed by atoms with Crippen molar-refractivity contribution in [2.24, 2.45) is 0 Å². The molecule has 1 amide bonds. The molecule has 1 aliphatic heterocycles. The predicted octanol–water partition coefficient (Wildman–Crippen LogP) is 1.21. The molecule has 1 heterocycles. The lowest BCUT2D eigenvalue weighted by Crippen LogP contribution is -2.48. The maximum Gasteiger partial charge on any atom is 0.236 e. The molecule has 1 N–H and O–H groups in total. The number of amides is 1. The number of hydrogen-bond donors (Lipinski definition) is 1. The Morgan fingerprint density at radius 1 is 1.38 bits per heavy atom. The number of hydrogen-bond acceptors (Lipinski definition) is 4. The van der Waals surface area contributed by atoms with Gasteiger partial charge < -0.3 is 19.7 Å². The van der Waals surface area contributed by atoms with Gasteiger partial charge in [-0.15, -0.1) is 0 Å². The molecule has 0 aliphatic carbocycles. The van der Waals surface area contributed by atoms with Crippen LogP contribution < -0.4 is 5.32 Å². The minimum absolute atomic E-state index is 0.0436. The van der Waals surface area contributed by atoms with Crippen LogP contribution in [0.5, 0.6) is 0 Å². The molecule has 1 aliphatic rings. The highest BCUT2D eigenvalue weighted by Gasteiger charge is 2.28. The first kappa shape index (κ1) is 15.9. The van der Waals surface area contributed by atoms with Crippen LogP contribution in [0.25, 0.3) is 0 Å². The van der Waals surface area contributed by atoms with E-state index in [4.69, 9.17) is 9.47 Å². The van der Waals surface area contributed by atoms with Gasteiger partial charge in [0.2, 0.25) is 5.91 Å². The molecule has 0 aromatic heterocycles. The van der Waals surface area contributed by atoms with Crippen LogP contribution in [0, 0.1) is 0 Å². The monoisotopic (exact) mass is 292 g/mol. The molecular weight excluding hydrogens is 268 g/mol. The fourth-order valence-electron chi connectivity index (χ4n) is 2.49. The third-order valence-corrected chi connectivity index (χ3v) is 3.54. The van der Waals surface area contributed by atoms with Gasteiger partial charge in [0.25, 0.3) is 0 Å². The minimum atomic E-state index is -0.0436. The van der Waals surface area contributed by atoms with Gasteiger partial charge in [0, 0.05) is 20.2 Å². The second-order valence-corrected chi connectivity index (χ2v) is 5.31. The number of rotatable bonds is 6. The van der Waals surface area contributed by atoms with E-state index in [1.807, 2.05) is 42.2 Å². The number of nitrogens with one attached hydrogen (secondary N) is 1. The van der Waals surface area contributed by atoms with Gasteiger partial charge in [-0.25, -0.2) is 0 Å². The highest BCUT2D eigenvalue weighted by atomic mass is 16.5. The van der Waals surface area contributed by atoms with Gasteiger partial charge in [0.15, 0.2) is 0 Å². The zero-order valence-electron chi connectivity index (χ0n) is 12.7. The second kappa shape index (κ2) is 8.12. The average molecular weight is 292 g/mol. The summed E-state index contributed by atoms with van der Waals surface area (Å²) in [5.41, 5.74) is 1.12. The molecule has 0 spiro atoms. The number of ether oxygens (including phenoxy) is 2. The molecule has 2 unspecified atom stereocenters. The predicted molar refractivity (Wildman–Crippen MR) is 81.1 cm³/mol. The Bertz CT molecular complexity index is 438. The summed E-state index contributed by atoms with van der Waals surface area (Å²) >= 11 is 0. The number of methoxy groups -OCH3 is 1. The average Bonchev–Trinajstić information content (AvgIpc) is 2.51. The number of carbonyl (C=O) groups is 1. The van der Waals surface area contributed by atoms with Crippen LogP contribution in [-0.2, 0) is 14.3 Å². The van der Waals surface area contributed by atoms with E-state index >= 15 is 0 Å². The van der Waals surface area contributed by atoms with Gasteiger partial charge in [-0.1, -0.05) is 30.3 Å². The summed E-state index contributed by atoms with van der Waals surface area (Å²) in [4.78, 5) is 14.1. The maximum absolute atomic E-state index is 12.3. The lowest BCUT2D eigenvalue weighted by molar-refractivity contribution is -0.144. The molecule has 116 valence electrons. The lowest BCUT2D eigenvalue weighted by Gasteiger charge is -2.37. The summed E-state index contributed by atoms with van der Waals surface area (Å²) in [6.45, 7) is 4.91. The molecule has 1 saturated heterocycles. The summed E-state index contributed by atoms with van der Waals surface area (Å²) in [7, 11) is 1.65. The fourth-order valence-corrected chi connectivity index (χ4v) is 2.49. The highest BCUT2D eigenvalue weighted by molar-refractivity contribution is 5.78. The van der Waals surface area contributed by atoms with Crippen LogP contribution in [0.3, 0.4) is 0 Å². The zero-order chi connectivity index (χ0) is 15.1. The molecule has 0 radical (unpaired) electrons. The van der Waals surface area contributed by atoms with Crippen LogP contribution in [0.4, 0.5) is 0 Å². The Labute approximate surface area is 126 Å². The highest BCUT2D eigenvalue weighted by Crippen LogP contribution is 2.24. The summed E-state index contributed by atoms with van der Waals surface area (Å²) in [5.74, 6) is 0.113. The van der Waals surface area contributed by atoms with E-state index in [0.29, 0.717) is 32.8 Å². The lowest BCUT2D eigenvalue weighted by atomic mass is 10.1. The van der Waals surface area contributed by atoms with E-state index in [1.165, 1.54) is 0 Å². The topological polar surface area (TPSA) is 50.8 Å². The van der Waals surface area contributed by atoms with E-state index in [2.05, 4.69) is 5.32 Å². The molecule has 0 bridgehead atoms. The van der Waals surface area contributed by atoms with Crippen LogP contribution in [0.1, 0.15) is 18.6 Å². The smallest absolute Gasteiger partial charge is 0.236 e. The van der Waals surface area contributed by atoms with Crippen molar-refractivity contribution in [1.29, 1.82) is 0 Å². The Hall–Kier alpha value is -1.43. The number of benzene rings is 1. The van der Waals surface area contributed by atoms with Gasteiger partial charge >= 0.3 is 0 Å². The van der Waals surface area contributed by atoms with E-state index in [-0.39, 0.29) is 18.1 Å². The standard InChI is InChI=1S/C16H24N2O3/c1-13-11-18(16(19)10-17-8-9-20-2)12-15(21-13)14-6-4-3-5-7-14/h3-7,13,15,17H,8-12H2,1-2H3. The first-order chi connectivity index (χ1) is 10.2. The third-order valence-electron chi connectivity index (χ3n) is 3.54. The van der Waals surface area contributed by atoms with Gasteiger partial charge in [0.1, 0.15) is 6.10 Å². The molecule has 2 rings (SSSR count). The largest absolute Gasteiger partial charge is 0.383 e. The number of nitrogens with zero attached hydrogens (tertiary/aromatic N) is 1. The molecule has 5 nitrogen and oxygen atoms in total. The Kier molecular flexibility index (Phi) is 6.17. The Morgan fingerprint density at radius 3 is 2.86 bits per heavy atom. The van der Waals surface area contributed by atoms with Crippen LogP contribution >= 0.6 is 0 Å². The first-order valence-corrected chi connectivity index (χ1v) is 7.38. The van der Waals surface area contributed by atoms with Crippen molar-refractivity contribution in [2.45, 2.75) is 19.1 Å². The van der Waals surface area contributed by atoms with E-state index in [9.17, 15) is 4.79 Å². The van der Waals surface area contributed by atoms with Crippen molar-refractivity contribution >= 4 is 5.91 Å². The summed E-state index contributed by atoms with van der Waals surface area (Å²) in [5, 5.41) is 3.10. The summed E-state index contributed by atoms with van der Waals surface area (Å²) in [6, 6.07) is 10.1. The van der Waals surface area contributed by atoms with Gasteiger partial charge in [-0.2, -0.15) is 0 Å². The van der Waals surface area contributed by atoms with Crippen molar-refractivity contribution in [3.05, 3.63) is 35.9 Å². The maximum atomic E-state index is 12.3. The van der Waals surface area contributed by atoms with Crippen LogP contribution in [0.2, 0.25) is 0 Å². The van der Waals surface area contributed by atoms with Gasteiger partial charge in [0.05, 0.1) is 25.8 Å². The molecule has 1 aromatic rings. The van der Waals surface area contributed by atoms with Gasteiger partial charge in [-0.3, -0.25) is 4.79 Å². The third kappa shape index (κ3) is 4.81. The molecule has 1 fully saturated rings. The molecule has 21 heavy (non-hydrogen) atoms. The summed E-state index contributed by atoms with van der Waals surface area (Å²) in [6.07, 6.45) is 0.00440. The van der Waals surface area contributed by atoms with Gasteiger partial charge in [-0.05, 0) is 12.5 Å². The van der Waals surface area contributed by atoms with Crippen molar-refractivity contribution < 1.29 is 14.3 Å². The van der Waals surface area contributed by atoms with Crippen molar-refractivity contribution in [3.63, 3.8) is 0 Å². The molecular formula is C16H24N2O3.